The lowest BCUT2D eigenvalue weighted by molar-refractivity contribution is 0.414. The maximum atomic E-state index is 13.4. The van der Waals surface area contributed by atoms with Crippen molar-refractivity contribution in [3.05, 3.63) is 98.1 Å². The van der Waals surface area contributed by atoms with Crippen molar-refractivity contribution in [2.24, 2.45) is 7.05 Å². The van der Waals surface area contributed by atoms with Crippen molar-refractivity contribution in [2.45, 2.75) is 10.6 Å². The number of thioether (sulfide) groups is 2. The molecule has 34 heavy (non-hydrogen) atoms. The van der Waals surface area contributed by atoms with Crippen molar-refractivity contribution in [1.29, 1.82) is 0 Å². The lowest BCUT2D eigenvalue weighted by Gasteiger charge is -2.25. The van der Waals surface area contributed by atoms with Crippen LogP contribution in [0.2, 0.25) is 0 Å². The van der Waals surface area contributed by atoms with Crippen LogP contribution in [0.5, 0.6) is 5.75 Å². The van der Waals surface area contributed by atoms with E-state index in [1.807, 2.05) is 41.9 Å². The van der Waals surface area contributed by atoms with Crippen molar-refractivity contribution >= 4 is 56.1 Å². The number of hydrogen-bond acceptors (Lipinski definition) is 7. The standard InChI is InChI=1S/C25H20N4O2S3/c1-28-20-19(14-26-29(23(20)30)15-16-7-6-10-18(13-16)31-2)21-22(28)27-24(34-21)25(32-11-12-33-25)17-8-4-3-5-9-17/h3-14H,15H2,1-2H3. The first-order valence-corrected chi connectivity index (χ1v) is 13.2. The summed E-state index contributed by atoms with van der Waals surface area (Å²) in [5, 5.41) is 10.6. The predicted octanol–water partition coefficient (Wildman–Crippen LogP) is 5.55. The minimum Gasteiger partial charge on any atom is -0.497 e. The van der Waals surface area contributed by atoms with Crippen LogP contribution < -0.4 is 10.3 Å². The van der Waals surface area contributed by atoms with Gasteiger partial charge >= 0.3 is 0 Å². The fourth-order valence-corrected chi connectivity index (χ4v) is 8.15. The first-order valence-electron chi connectivity index (χ1n) is 10.7. The van der Waals surface area contributed by atoms with Crippen molar-refractivity contribution in [1.82, 2.24) is 19.3 Å². The van der Waals surface area contributed by atoms with Crippen LogP contribution in [0.15, 0.2) is 76.4 Å². The molecule has 3 aromatic heterocycles. The van der Waals surface area contributed by atoms with Crippen molar-refractivity contribution in [3.63, 3.8) is 0 Å². The van der Waals surface area contributed by atoms with E-state index in [1.165, 1.54) is 10.2 Å². The molecule has 2 aromatic carbocycles. The highest BCUT2D eigenvalue weighted by molar-refractivity contribution is 8.23. The molecule has 0 amide bonds. The summed E-state index contributed by atoms with van der Waals surface area (Å²) in [6, 6.07) is 18.1. The van der Waals surface area contributed by atoms with E-state index in [0.717, 1.165) is 32.1 Å². The molecule has 0 N–H and O–H groups in total. The molecule has 170 valence electrons. The van der Waals surface area contributed by atoms with Crippen molar-refractivity contribution in [2.75, 3.05) is 7.11 Å². The summed E-state index contributed by atoms with van der Waals surface area (Å²) in [5.74, 6) is 0.757. The first kappa shape index (κ1) is 21.5. The second kappa shape index (κ2) is 8.33. The van der Waals surface area contributed by atoms with Crippen LogP contribution in [-0.2, 0) is 17.7 Å². The van der Waals surface area contributed by atoms with Gasteiger partial charge in [0.25, 0.3) is 5.56 Å². The molecule has 0 spiro atoms. The molecule has 0 saturated heterocycles. The Kier molecular flexibility index (Phi) is 5.28. The molecule has 6 nitrogen and oxygen atoms in total. The van der Waals surface area contributed by atoms with E-state index in [-0.39, 0.29) is 9.64 Å². The highest BCUT2D eigenvalue weighted by Crippen LogP contribution is 2.58. The zero-order valence-corrected chi connectivity index (χ0v) is 20.9. The lowest BCUT2D eigenvalue weighted by atomic mass is 10.1. The third-order valence-corrected chi connectivity index (χ3v) is 10.2. The lowest BCUT2D eigenvalue weighted by Crippen LogP contribution is -2.24. The molecule has 1 aliphatic heterocycles. The minimum atomic E-state index is -0.313. The number of hydrogen-bond donors (Lipinski definition) is 0. The molecule has 6 rings (SSSR count). The summed E-state index contributed by atoms with van der Waals surface area (Å²) >= 11 is 5.17. The van der Waals surface area contributed by atoms with E-state index in [9.17, 15) is 4.79 Å². The van der Waals surface area contributed by atoms with Gasteiger partial charge in [-0.05, 0) is 34.1 Å². The number of nitrogens with zero attached hydrogens (tertiary/aromatic N) is 4. The van der Waals surface area contributed by atoms with Crippen molar-refractivity contribution < 1.29 is 4.74 Å². The van der Waals surface area contributed by atoms with E-state index in [1.54, 1.807) is 48.2 Å². The Bertz CT molecular complexity index is 1610. The van der Waals surface area contributed by atoms with Crippen LogP contribution in [-0.4, -0.2) is 26.4 Å². The van der Waals surface area contributed by atoms with Gasteiger partial charge in [-0.15, -0.1) is 34.9 Å². The minimum absolute atomic E-state index is 0.126. The van der Waals surface area contributed by atoms with E-state index in [4.69, 9.17) is 9.72 Å². The van der Waals surface area contributed by atoms with Gasteiger partial charge in [0, 0.05) is 12.4 Å². The summed E-state index contributed by atoms with van der Waals surface area (Å²) in [5.41, 5.74) is 3.47. The van der Waals surface area contributed by atoms with Gasteiger partial charge in [-0.25, -0.2) is 9.67 Å². The predicted molar refractivity (Wildman–Crippen MR) is 142 cm³/mol. The molecule has 0 radical (unpaired) electrons. The maximum Gasteiger partial charge on any atom is 0.291 e. The molecule has 4 heterocycles. The van der Waals surface area contributed by atoms with E-state index >= 15 is 0 Å². The number of thiazole rings is 1. The van der Waals surface area contributed by atoms with Crippen LogP contribution in [0.4, 0.5) is 0 Å². The number of aromatic nitrogens is 4. The summed E-state index contributed by atoms with van der Waals surface area (Å²) in [6.45, 7) is 0.375. The second-order valence-electron chi connectivity index (χ2n) is 7.94. The number of rotatable bonds is 5. The fraction of sp³-hybridized carbons (Fsp3) is 0.160. The van der Waals surface area contributed by atoms with Gasteiger partial charge < -0.3 is 9.30 Å². The Balaban J connectivity index is 1.46. The zero-order valence-electron chi connectivity index (χ0n) is 18.5. The van der Waals surface area contributed by atoms with E-state index in [0.29, 0.717) is 12.1 Å². The number of methoxy groups -OCH3 is 1. The summed E-state index contributed by atoms with van der Waals surface area (Å²) in [4.78, 5) is 18.5. The Morgan fingerprint density at radius 2 is 1.85 bits per heavy atom. The van der Waals surface area contributed by atoms with Gasteiger partial charge in [0.15, 0.2) is 5.65 Å². The molecule has 0 bridgehead atoms. The molecular weight excluding hydrogens is 485 g/mol. The van der Waals surface area contributed by atoms with Crippen LogP contribution in [0.25, 0.3) is 21.3 Å². The Morgan fingerprint density at radius 3 is 2.62 bits per heavy atom. The van der Waals surface area contributed by atoms with Gasteiger partial charge in [0.05, 0.1) is 24.6 Å². The Morgan fingerprint density at radius 1 is 1.06 bits per heavy atom. The highest BCUT2D eigenvalue weighted by atomic mass is 32.2. The monoisotopic (exact) mass is 504 g/mol. The topological polar surface area (TPSA) is 61.9 Å². The van der Waals surface area contributed by atoms with Crippen LogP contribution in [0, 0.1) is 0 Å². The average molecular weight is 505 g/mol. The fourth-order valence-electron chi connectivity index (χ4n) is 4.28. The van der Waals surface area contributed by atoms with E-state index < -0.39 is 0 Å². The van der Waals surface area contributed by atoms with Crippen LogP contribution >= 0.6 is 34.9 Å². The average Bonchev–Trinajstić information content (AvgIpc) is 3.59. The maximum absolute atomic E-state index is 13.4. The molecule has 0 saturated carbocycles. The zero-order chi connectivity index (χ0) is 23.3. The van der Waals surface area contributed by atoms with Crippen molar-refractivity contribution in [3.8, 4) is 5.75 Å². The second-order valence-corrected chi connectivity index (χ2v) is 11.4. The normalized spacial score (nSPS) is 14.9. The third-order valence-electron chi connectivity index (χ3n) is 5.95. The first-order chi connectivity index (χ1) is 16.6. The molecule has 0 fully saturated rings. The molecule has 0 unspecified atom stereocenters. The number of fused-ring (bicyclic) bond motifs is 3. The van der Waals surface area contributed by atoms with Crippen LogP contribution in [0.3, 0.4) is 0 Å². The SMILES string of the molecule is COc1cccc(Cn2ncc3c4sc(C5(c6ccccc6)SC=CS5)nc4n(C)c3c2=O)c1. The summed E-state index contributed by atoms with van der Waals surface area (Å²) in [6.07, 6.45) is 1.80. The van der Waals surface area contributed by atoms with Gasteiger partial charge in [0.2, 0.25) is 0 Å². The Hall–Kier alpha value is -3.01. The van der Waals surface area contributed by atoms with Gasteiger partial charge in [-0.2, -0.15) is 5.10 Å². The number of benzene rings is 2. The number of ether oxygens (including phenoxy) is 1. The molecule has 1 aliphatic rings. The quantitative estimate of drug-likeness (QED) is 0.313. The van der Waals surface area contributed by atoms with Gasteiger partial charge in [-0.3, -0.25) is 4.79 Å². The smallest absolute Gasteiger partial charge is 0.291 e. The molecule has 5 aromatic rings. The summed E-state index contributed by atoms with van der Waals surface area (Å²) < 4.78 is 9.40. The molecular formula is C25H20N4O2S3. The largest absolute Gasteiger partial charge is 0.497 e. The molecule has 0 aliphatic carbocycles. The molecule has 9 heteroatoms. The third kappa shape index (κ3) is 3.30. The van der Waals surface area contributed by atoms with Gasteiger partial charge in [0.1, 0.15) is 20.4 Å². The van der Waals surface area contributed by atoms with E-state index in [2.05, 4.69) is 40.2 Å². The number of aryl methyl sites for hydroxylation is 1. The van der Waals surface area contributed by atoms with Crippen LogP contribution in [0.1, 0.15) is 16.1 Å². The summed E-state index contributed by atoms with van der Waals surface area (Å²) in [7, 11) is 3.54. The highest BCUT2D eigenvalue weighted by Gasteiger charge is 2.41. The Labute approximate surface area is 208 Å². The van der Waals surface area contributed by atoms with Gasteiger partial charge in [-0.1, -0.05) is 42.5 Å². The molecule has 0 atom stereocenters.